The van der Waals surface area contributed by atoms with Gasteiger partial charge in [-0.25, -0.2) is 4.79 Å². The van der Waals surface area contributed by atoms with Crippen molar-refractivity contribution in [1.29, 1.82) is 0 Å². The average Bonchev–Trinajstić information content (AvgIpc) is 2.17. The molecule has 1 unspecified atom stereocenters. The number of hydrogen-bond donors (Lipinski definition) is 2. The maximum Gasteiger partial charge on any atom is 0.336 e. The van der Waals surface area contributed by atoms with Crippen molar-refractivity contribution in [1.82, 2.24) is 0 Å². The predicted molar refractivity (Wildman–Crippen MR) is 58.1 cm³/mol. The van der Waals surface area contributed by atoms with Crippen LogP contribution in [0.3, 0.4) is 0 Å². The molecule has 0 saturated heterocycles. The number of aryl methyl sites for hydroxylation is 1. The van der Waals surface area contributed by atoms with E-state index in [9.17, 15) is 4.79 Å². The Morgan fingerprint density at radius 1 is 1.53 bits per heavy atom. The van der Waals surface area contributed by atoms with Gasteiger partial charge in [-0.05, 0) is 42.9 Å². The van der Waals surface area contributed by atoms with Gasteiger partial charge < -0.3 is 10.8 Å². The quantitative estimate of drug-likeness (QED) is 0.730. The molecule has 0 saturated carbocycles. The van der Waals surface area contributed by atoms with Crippen LogP contribution in [0.5, 0.6) is 0 Å². The van der Waals surface area contributed by atoms with Crippen molar-refractivity contribution in [3.05, 3.63) is 34.4 Å². The van der Waals surface area contributed by atoms with Gasteiger partial charge in [0.25, 0.3) is 0 Å². The number of rotatable bonds is 1. The molecule has 1 aliphatic carbocycles. The largest absolute Gasteiger partial charge is 0.478 e. The molecule has 1 aliphatic rings. The third kappa shape index (κ3) is 1.75. The molecule has 1 atom stereocenters. The Hall–Kier alpha value is -1.35. The zero-order chi connectivity index (χ0) is 11.0. The minimum atomic E-state index is -0.820. The van der Waals surface area contributed by atoms with Crippen LogP contribution in [-0.4, -0.2) is 17.1 Å². The van der Waals surface area contributed by atoms with Crippen molar-refractivity contribution in [2.75, 3.05) is 0 Å². The van der Waals surface area contributed by atoms with Crippen molar-refractivity contribution < 1.29 is 9.90 Å². The number of carboxylic acid groups (broad SMARTS) is 1. The number of hydrogen-bond acceptors (Lipinski definition) is 2. The second-order valence-corrected chi connectivity index (χ2v) is 4.20. The summed E-state index contributed by atoms with van der Waals surface area (Å²) in [6.07, 6.45) is 2.48. The van der Waals surface area contributed by atoms with Gasteiger partial charge in [-0.15, -0.1) is 0 Å². The lowest BCUT2D eigenvalue weighted by Crippen LogP contribution is -2.29. The van der Waals surface area contributed by atoms with E-state index in [0.717, 1.165) is 36.0 Å². The fraction of sp³-hybridized carbons (Fsp3) is 0.417. The standard InChI is InChI=1S/C12H15NO2/c1-7-2-3-8-6-9(13)4-5-10(8)11(7)12(14)15/h2-3,9H,4-6,13H2,1H3,(H,14,15). The number of carbonyl (C=O) groups is 1. The minimum Gasteiger partial charge on any atom is -0.478 e. The van der Waals surface area contributed by atoms with Gasteiger partial charge in [0.15, 0.2) is 0 Å². The highest BCUT2D eigenvalue weighted by Crippen LogP contribution is 2.26. The second kappa shape index (κ2) is 3.66. The second-order valence-electron chi connectivity index (χ2n) is 4.20. The molecule has 80 valence electrons. The van der Waals surface area contributed by atoms with E-state index in [2.05, 4.69) is 0 Å². The van der Waals surface area contributed by atoms with Gasteiger partial charge in [0.05, 0.1) is 5.56 Å². The lowest BCUT2D eigenvalue weighted by Gasteiger charge is -2.23. The van der Waals surface area contributed by atoms with Gasteiger partial charge in [-0.2, -0.15) is 0 Å². The zero-order valence-electron chi connectivity index (χ0n) is 8.79. The molecule has 0 aliphatic heterocycles. The number of benzene rings is 1. The average molecular weight is 205 g/mol. The lowest BCUT2D eigenvalue weighted by atomic mass is 9.84. The van der Waals surface area contributed by atoms with Gasteiger partial charge >= 0.3 is 5.97 Å². The highest BCUT2D eigenvalue weighted by atomic mass is 16.4. The van der Waals surface area contributed by atoms with Gasteiger partial charge in [0.2, 0.25) is 0 Å². The Labute approximate surface area is 88.9 Å². The van der Waals surface area contributed by atoms with Crippen molar-refractivity contribution in [2.45, 2.75) is 32.2 Å². The fourth-order valence-electron chi connectivity index (χ4n) is 2.30. The molecule has 3 heteroatoms. The molecule has 0 radical (unpaired) electrons. The monoisotopic (exact) mass is 205 g/mol. The topological polar surface area (TPSA) is 63.3 Å². The molecule has 0 spiro atoms. The molecule has 3 nitrogen and oxygen atoms in total. The molecule has 0 heterocycles. The molecule has 1 aromatic rings. The summed E-state index contributed by atoms with van der Waals surface area (Å²) in [7, 11) is 0. The molecule has 3 N–H and O–H groups in total. The molecule has 0 amide bonds. The lowest BCUT2D eigenvalue weighted by molar-refractivity contribution is 0.0694. The maximum atomic E-state index is 11.1. The molecule has 0 aromatic heterocycles. The Kier molecular flexibility index (Phi) is 2.49. The first-order valence-corrected chi connectivity index (χ1v) is 5.20. The highest BCUT2D eigenvalue weighted by Gasteiger charge is 2.22. The molecule has 2 rings (SSSR count). The molecule has 0 bridgehead atoms. The Morgan fingerprint density at radius 3 is 2.93 bits per heavy atom. The van der Waals surface area contributed by atoms with Gasteiger partial charge in [-0.3, -0.25) is 0 Å². The van der Waals surface area contributed by atoms with Gasteiger partial charge in [-0.1, -0.05) is 12.1 Å². The Bertz CT molecular complexity index is 412. The highest BCUT2D eigenvalue weighted by molar-refractivity contribution is 5.91. The van der Waals surface area contributed by atoms with E-state index in [4.69, 9.17) is 10.8 Å². The summed E-state index contributed by atoms with van der Waals surface area (Å²) >= 11 is 0. The van der Waals surface area contributed by atoms with Crippen molar-refractivity contribution >= 4 is 5.97 Å². The van der Waals surface area contributed by atoms with Crippen LogP contribution < -0.4 is 5.73 Å². The van der Waals surface area contributed by atoms with Gasteiger partial charge in [0, 0.05) is 6.04 Å². The third-order valence-corrected chi connectivity index (χ3v) is 3.08. The van der Waals surface area contributed by atoms with E-state index in [1.165, 1.54) is 0 Å². The fourth-order valence-corrected chi connectivity index (χ4v) is 2.30. The van der Waals surface area contributed by atoms with E-state index in [-0.39, 0.29) is 6.04 Å². The van der Waals surface area contributed by atoms with Crippen LogP contribution in [0.25, 0.3) is 0 Å². The number of nitrogens with two attached hydrogens (primary N) is 1. The zero-order valence-corrected chi connectivity index (χ0v) is 8.79. The van der Waals surface area contributed by atoms with Crippen LogP contribution in [0.1, 0.15) is 33.5 Å². The normalized spacial score (nSPS) is 19.7. The minimum absolute atomic E-state index is 0.182. The molecular weight excluding hydrogens is 190 g/mol. The van der Waals surface area contributed by atoms with E-state index in [1.54, 1.807) is 0 Å². The molecule has 1 aromatic carbocycles. The van der Waals surface area contributed by atoms with E-state index in [1.807, 2.05) is 19.1 Å². The van der Waals surface area contributed by atoms with Gasteiger partial charge in [0.1, 0.15) is 0 Å². The SMILES string of the molecule is Cc1ccc2c(c1C(=O)O)CCC(N)C2. The summed E-state index contributed by atoms with van der Waals surface area (Å²) in [5.74, 6) is -0.820. The molecular formula is C12H15NO2. The summed E-state index contributed by atoms with van der Waals surface area (Å²) in [6, 6.07) is 4.07. The number of aromatic carboxylic acids is 1. The first-order chi connectivity index (χ1) is 7.09. The predicted octanol–water partition coefficient (Wildman–Crippen LogP) is 1.51. The number of fused-ring (bicyclic) bond motifs is 1. The summed E-state index contributed by atoms with van der Waals surface area (Å²) in [4.78, 5) is 11.1. The van der Waals surface area contributed by atoms with Crippen LogP contribution in [0.2, 0.25) is 0 Å². The summed E-state index contributed by atoms with van der Waals surface area (Å²) in [6.45, 7) is 1.85. The van der Waals surface area contributed by atoms with Crippen LogP contribution in [0.15, 0.2) is 12.1 Å². The summed E-state index contributed by atoms with van der Waals surface area (Å²) < 4.78 is 0. The van der Waals surface area contributed by atoms with Crippen molar-refractivity contribution in [2.24, 2.45) is 5.73 Å². The van der Waals surface area contributed by atoms with E-state index >= 15 is 0 Å². The van der Waals surface area contributed by atoms with E-state index < -0.39 is 5.97 Å². The summed E-state index contributed by atoms with van der Waals surface area (Å²) in [5, 5.41) is 9.16. The summed E-state index contributed by atoms with van der Waals surface area (Å²) in [5.41, 5.74) is 9.29. The number of carboxylic acids is 1. The third-order valence-electron chi connectivity index (χ3n) is 3.08. The smallest absolute Gasteiger partial charge is 0.336 e. The van der Waals surface area contributed by atoms with Crippen molar-refractivity contribution in [3.8, 4) is 0 Å². The molecule has 0 fully saturated rings. The Morgan fingerprint density at radius 2 is 2.27 bits per heavy atom. The first-order valence-electron chi connectivity index (χ1n) is 5.20. The molecule has 15 heavy (non-hydrogen) atoms. The van der Waals surface area contributed by atoms with Crippen LogP contribution in [0.4, 0.5) is 0 Å². The van der Waals surface area contributed by atoms with Crippen LogP contribution in [-0.2, 0) is 12.8 Å². The van der Waals surface area contributed by atoms with Crippen LogP contribution >= 0.6 is 0 Å². The van der Waals surface area contributed by atoms with Crippen LogP contribution in [0, 0.1) is 6.92 Å². The van der Waals surface area contributed by atoms with E-state index in [0.29, 0.717) is 5.56 Å². The maximum absolute atomic E-state index is 11.1. The Balaban J connectivity index is 2.55. The van der Waals surface area contributed by atoms with Crippen molar-refractivity contribution in [3.63, 3.8) is 0 Å². The first kappa shape index (κ1) is 10.2.